The normalized spacial score (nSPS) is 22.3. The number of fused-ring (bicyclic) bond motifs is 1. The van der Waals surface area contributed by atoms with Gasteiger partial charge in [0.15, 0.2) is 5.65 Å². The quantitative estimate of drug-likeness (QED) is 0.857. The molecule has 22 heavy (non-hydrogen) atoms. The van der Waals surface area contributed by atoms with E-state index in [-0.39, 0.29) is 0 Å². The molecule has 6 heteroatoms. The highest BCUT2D eigenvalue weighted by Gasteiger charge is 2.22. The van der Waals surface area contributed by atoms with Crippen LogP contribution in [0.1, 0.15) is 46.0 Å². The van der Waals surface area contributed by atoms with E-state index in [4.69, 9.17) is 4.74 Å². The molecule has 0 unspecified atom stereocenters. The zero-order chi connectivity index (χ0) is 15.4. The molecule has 0 radical (unpaired) electrons. The van der Waals surface area contributed by atoms with Gasteiger partial charge in [-0.15, -0.1) is 0 Å². The Labute approximate surface area is 131 Å². The fraction of sp³-hybridized carbons (Fsp3) is 0.688. The lowest BCUT2D eigenvalue weighted by atomic mass is 9.93. The predicted octanol–water partition coefficient (Wildman–Crippen LogP) is 3.14. The average Bonchev–Trinajstić information content (AvgIpc) is 2.96. The Balaban J connectivity index is 1.45. The van der Waals surface area contributed by atoms with E-state index in [2.05, 4.69) is 39.1 Å². The monoisotopic (exact) mass is 303 g/mol. The largest absolute Gasteiger partial charge is 0.378 e. The number of nitrogens with one attached hydrogen (secondary N) is 2. The van der Waals surface area contributed by atoms with Crippen LogP contribution in [0.4, 0.5) is 5.95 Å². The summed E-state index contributed by atoms with van der Waals surface area (Å²) >= 11 is 0. The smallest absolute Gasteiger partial charge is 0.225 e. The number of rotatable bonds is 6. The molecule has 0 amide bonds. The van der Waals surface area contributed by atoms with Gasteiger partial charge in [0.25, 0.3) is 0 Å². The van der Waals surface area contributed by atoms with Crippen molar-refractivity contribution in [2.45, 2.75) is 58.1 Å². The minimum absolute atomic E-state index is 0.423. The second-order valence-corrected chi connectivity index (χ2v) is 6.50. The Hall–Kier alpha value is -1.69. The molecule has 3 rings (SSSR count). The van der Waals surface area contributed by atoms with Gasteiger partial charge in [-0.05, 0) is 38.0 Å². The summed E-state index contributed by atoms with van der Waals surface area (Å²) < 4.78 is 5.97. The number of nitrogens with zero attached hydrogens (tertiary/aromatic N) is 3. The standard InChI is InChI=1S/C16H25N5O/c1-11(2)7-8-22-13-5-3-12(4-6-13)20-16-17-9-14-15(21-16)19-10-18-14/h9-13H,3-8H2,1-2H3,(H2,17,18,19,20,21). The van der Waals surface area contributed by atoms with Gasteiger partial charge in [0.05, 0.1) is 18.6 Å². The molecule has 2 heterocycles. The molecular weight excluding hydrogens is 278 g/mol. The van der Waals surface area contributed by atoms with Crippen molar-refractivity contribution in [2.24, 2.45) is 5.92 Å². The van der Waals surface area contributed by atoms with Gasteiger partial charge in [-0.1, -0.05) is 13.8 Å². The Bertz CT molecular complexity index is 589. The van der Waals surface area contributed by atoms with Gasteiger partial charge in [0.2, 0.25) is 5.95 Å². The minimum Gasteiger partial charge on any atom is -0.378 e. The summed E-state index contributed by atoms with van der Waals surface area (Å²) in [6.07, 6.45) is 9.42. The first-order chi connectivity index (χ1) is 10.7. The van der Waals surface area contributed by atoms with Crippen molar-refractivity contribution in [1.82, 2.24) is 19.9 Å². The molecule has 2 N–H and O–H groups in total. The first-order valence-electron chi connectivity index (χ1n) is 8.25. The third-order valence-electron chi connectivity index (χ3n) is 4.23. The average molecular weight is 303 g/mol. The van der Waals surface area contributed by atoms with E-state index >= 15 is 0 Å². The molecular formula is C16H25N5O. The highest BCUT2D eigenvalue weighted by Crippen LogP contribution is 2.24. The highest BCUT2D eigenvalue weighted by molar-refractivity contribution is 5.69. The second-order valence-electron chi connectivity index (χ2n) is 6.50. The molecule has 0 aliphatic heterocycles. The van der Waals surface area contributed by atoms with Crippen LogP contribution in [-0.4, -0.2) is 38.7 Å². The maximum absolute atomic E-state index is 5.97. The topological polar surface area (TPSA) is 75.7 Å². The lowest BCUT2D eigenvalue weighted by Crippen LogP contribution is -2.30. The third-order valence-corrected chi connectivity index (χ3v) is 4.23. The summed E-state index contributed by atoms with van der Waals surface area (Å²) in [5.41, 5.74) is 1.58. The van der Waals surface area contributed by atoms with E-state index in [0.29, 0.717) is 29.7 Å². The molecule has 6 nitrogen and oxygen atoms in total. The van der Waals surface area contributed by atoms with Crippen LogP contribution in [-0.2, 0) is 4.74 Å². The lowest BCUT2D eigenvalue weighted by molar-refractivity contribution is 0.0210. The molecule has 0 bridgehead atoms. The van der Waals surface area contributed by atoms with Crippen molar-refractivity contribution in [1.29, 1.82) is 0 Å². The lowest BCUT2D eigenvalue weighted by Gasteiger charge is -2.29. The summed E-state index contributed by atoms with van der Waals surface area (Å²) in [5, 5.41) is 3.43. The zero-order valence-electron chi connectivity index (χ0n) is 13.4. The van der Waals surface area contributed by atoms with Crippen LogP contribution >= 0.6 is 0 Å². The Morgan fingerprint density at radius 3 is 2.86 bits per heavy atom. The molecule has 1 aliphatic rings. The number of aromatic amines is 1. The maximum atomic E-state index is 5.97. The van der Waals surface area contributed by atoms with E-state index in [1.54, 1.807) is 12.5 Å². The molecule has 2 aromatic rings. The van der Waals surface area contributed by atoms with Crippen molar-refractivity contribution >= 4 is 17.1 Å². The van der Waals surface area contributed by atoms with E-state index in [1.807, 2.05) is 0 Å². The summed E-state index contributed by atoms with van der Waals surface area (Å²) in [4.78, 5) is 15.9. The molecule has 1 aliphatic carbocycles. The summed E-state index contributed by atoms with van der Waals surface area (Å²) in [6, 6.07) is 0.432. The van der Waals surface area contributed by atoms with Crippen LogP contribution in [0, 0.1) is 5.92 Å². The van der Waals surface area contributed by atoms with Gasteiger partial charge in [-0.25, -0.2) is 9.97 Å². The van der Waals surface area contributed by atoms with Gasteiger partial charge in [-0.3, -0.25) is 0 Å². The maximum Gasteiger partial charge on any atom is 0.225 e. The van der Waals surface area contributed by atoms with Gasteiger partial charge in [-0.2, -0.15) is 4.98 Å². The van der Waals surface area contributed by atoms with Gasteiger partial charge in [0, 0.05) is 12.6 Å². The first-order valence-corrected chi connectivity index (χ1v) is 8.25. The summed E-state index contributed by atoms with van der Waals surface area (Å²) in [6.45, 7) is 5.36. The summed E-state index contributed by atoms with van der Waals surface area (Å²) in [7, 11) is 0. The van der Waals surface area contributed by atoms with Crippen molar-refractivity contribution in [3.8, 4) is 0 Å². The first kappa shape index (κ1) is 15.2. The molecule has 0 atom stereocenters. The Kier molecular flexibility index (Phi) is 4.87. The van der Waals surface area contributed by atoms with Crippen LogP contribution in [0.3, 0.4) is 0 Å². The van der Waals surface area contributed by atoms with Gasteiger partial charge < -0.3 is 15.0 Å². The molecule has 0 saturated heterocycles. The predicted molar refractivity (Wildman–Crippen MR) is 86.8 cm³/mol. The zero-order valence-corrected chi connectivity index (χ0v) is 13.4. The second kappa shape index (κ2) is 7.05. The van der Waals surface area contributed by atoms with E-state index in [9.17, 15) is 0 Å². The van der Waals surface area contributed by atoms with Crippen molar-refractivity contribution in [2.75, 3.05) is 11.9 Å². The van der Waals surface area contributed by atoms with Crippen LogP contribution in [0.2, 0.25) is 0 Å². The third kappa shape index (κ3) is 3.94. The van der Waals surface area contributed by atoms with E-state index in [0.717, 1.165) is 44.2 Å². The van der Waals surface area contributed by atoms with Crippen LogP contribution in [0.15, 0.2) is 12.5 Å². The number of H-pyrrole nitrogens is 1. The number of aromatic nitrogens is 4. The fourth-order valence-corrected chi connectivity index (χ4v) is 2.83. The fourth-order valence-electron chi connectivity index (χ4n) is 2.83. The van der Waals surface area contributed by atoms with E-state index < -0.39 is 0 Å². The van der Waals surface area contributed by atoms with Crippen molar-refractivity contribution < 1.29 is 4.74 Å². The number of hydrogen-bond acceptors (Lipinski definition) is 5. The number of ether oxygens (including phenoxy) is 1. The number of anilines is 1. The SMILES string of the molecule is CC(C)CCOC1CCC(Nc2ncc3[nH]cnc3n2)CC1. The van der Waals surface area contributed by atoms with Crippen LogP contribution in [0.5, 0.6) is 0 Å². The van der Waals surface area contributed by atoms with Gasteiger partial charge in [0.1, 0.15) is 5.52 Å². The van der Waals surface area contributed by atoms with Crippen molar-refractivity contribution in [3.63, 3.8) is 0 Å². The Morgan fingerprint density at radius 1 is 1.27 bits per heavy atom. The highest BCUT2D eigenvalue weighted by atomic mass is 16.5. The van der Waals surface area contributed by atoms with Crippen LogP contribution in [0.25, 0.3) is 11.2 Å². The van der Waals surface area contributed by atoms with Crippen molar-refractivity contribution in [3.05, 3.63) is 12.5 Å². The molecule has 2 aromatic heterocycles. The summed E-state index contributed by atoms with van der Waals surface area (Å²) in [5.74, 6) is 1.39. The molecule has 120 valence electrons. The Morgan fingerprint density at radius 2 is 2.09 bits per heavy atom. The number of imidazole rings is 1. The van der Waals surface area contributed by atoms with E-state index in [1.165, 1.54) is 0 Å². The molecule has 1 saturated carbocycles. The molecule has 1 fully saturated rings. The molecule has 0 spiro atoms. The number of hydrogen-bond donors (Lipinski definition) is 2. The van der Waals surface area contributed by atoms with Crippen LogP contribution < -0.4 is 5.32 Å². The van der Waals surface area contributed by atoms with Gasteiger partial charge >= 0.3 is 0 Å². The molecule has 0 aromatic carbocycles. The minimum atomic E-state index is 0.423.